The van der Waals surface area contributed by atoms with Gasteiger partial charge in [0.1, 0.15) is 5.75 Å². The lowest BCUT2D eigenvalue weighted by atomic mass is 9.84. The van der Waals surface area contributed by atoms with E-state index >= 15 is 0 Å². The van der Waals surface area contributed by atoms with Crippen LogP contribution in [0.3, 0.4) is 0 Å². The van der Waals surface area contributed by atoms with Crippen LogP contribution in [-0.2, 0) is 11.2 Å². The maximum absolute atomic E-state index is 12.5. The standard InChI is InChI=1S/C19H28N2O2.ClH/c1-12(3-4-13-5-9-16(23-2)10-6-13)21-19(22)17-14-7-8-15(11-14)18(17)20;/h5-6,9-10,12,14-15,17-18H,3-4,7-8,11,20H2,1-2H3,(H,21,22);1H. The highest BCUT2D eigenvalue weighted by molar-refractivity contribution is 5.85. The number of carbonyl (C=O) groups is 1. The van der Waals surface area contributed by atoms with Crippen molar-refractivity contribution in [3.8, 4) is 5.75 Å². The number of halogens is 1. The van der Waals surface area contributed by atoms with Crippen LogP contribution < -0.4 is 15.8 Å². The van der Waals surface area contributed by atoms with Crippen molar-refractivity contribution < 1.29 is 9.53 Å². The Kier molecular flexibility index (Phi) is 6.53. The third-order valence-corrected chi connectivity index (χ3v) is 5.70. The summed E-state index contributed by atoms with van der Waals surface area (Å²) in [4.78, 5) is 12.5. The minimum Gasteiger partial charge on any atom is -0.497 e. The van der Waals surface area contributed by atoms with Gasteiger partial charge in [0.2, 0.25) is 5.91 Å². The van der Waals surface area contributed by atoms with Gasteiger partial charge in [-0.2, -0.15) is 0 Å². The van der Waals surface area contributed by atoms with Gasteiger partial charge in [-0.15, -0.1) is 12.4 Å². The SMILES string of the molecule is COc1ccc(CCC(C)NC(=O)C2C3CCC(C3)C2N)cc1.Cl. The fourth-order valence-corrected chi connectivity index (χ4v) is 4.31. The van der Waals surface area contributed by atoms with E-state index in [2.05, 4.69) is 24.4 Å². The molecule has 0 aliphatic heterocycles. The first-order valence-corrected chi connectivity index (χ1v) is 8.77. The van der Waals surface area contributed by atoms with Crippen molar-refractivity contribution in [2.75, 3.05) is 7.11 Å². The lowest BCUT2D eigenvalue weighted by Gasteiger charge is -2.28. The molecular weight excluding hydrogens is 324 g/mol. The van der Waals surface area contributed by atoms with Crippen LogP contribution in [-0.4, -0.2) is 25.1 Å². The third kappa shape index (κ3) is 4.04. The largest absolute Gasteiger partial charge is 0.497 e. The summed E-state index contributed by atoms with van der Waals surface area (Å²) in [5, 5.41) is 3.19. The Morgan fingerprint density at radius 2 is 1.96 bits per heavy atom. The summed E-state index contributed by atoms with van der Waals surface area (Å²) in [6, 6.07) is 8.37. The highest BCUT2D eigenvalue weighted by Gasteiger charge is 2.49. The van der Waals surface area contributed by atoms with Crippen molar-refractivity contribution in [3.63, 3.8) is 0 Å². The molecule has 4 nitrogen and oxygen atoms in total. The first kappa shape index (κ1) is 19.1. The van der Waals surface area contributed by atoms with Crippen LogP contribution in [0.4, 0.5) is 0 Å². The molecule has 134 valence electrons. The summed E-state index contributed by atoms with van der Waals surface area (Å²) in [5.74, 6) is 2.18. The number of hydrogen-bond acceptors (Lipinski definition) is 3. The molecule has 1 amide bonds. The molecule has 2 bridgehead atoms. The summed E-state index contributed by atoms with van der Waals surface area (Å²) in [6.07, 6.45) is 5.43. The smallest absolute Gasteiger partial charge is 0.225 e. The van der Waals surface area contributed by atoms with Gasteiger partial charge in [0.15, 0.2) is 0 Å². The molecule has 2 aliphatic carbocycles. The van der Waals surface area contributed by atoms with E-state index in [1.165, 1.54) is 18.4 Å². The normalized spacial score (nSPS) is 29.0. The van der Waals surface area contributed by atoms with Crippen molar-refractivity contribution in [3.05, 3.63) is 29.8 Å². The summed E-state index contributed by atoms with van der Waals surface area (Å²) in [7, 11) is 1.67. The van der Waals surface area contributed by atoms with E-state index < -0.39 is 0 Å². The van der Waals surface area contributed by atoms with Crippen LogP contribution in [0, 0.1) is 17.8 Å². The monoisotopic (exact) mass is 352 g/mol. The second-order valence-electron chi connectivity index (χ2n) is 7.23. The van der Waals surface area contributed by atoms with Gasteiger partial charge in [-0.25, -0.2) is 0 Å². The Morgan fingerprint density at radius 3 is 2.54 bits per heavy atom. The second-order valence-corrected chi connectivity index (χ2v) is 7.23. The van der Waals surface area contributed by atoms with Crippen LogP contribution in [0.2, 0.25) is 0 Å². The number of methoxy groups -OCH3 is 1. The molecule has 5 atom stereocenters. The van der Waals surface area contributed by atoms with E-state index in [4.69, 9.17) is 10.5 Å². The van der Waals surface area contributed by atoms with Crippen molar-refractivity contribution in [2.45, 2.75) is 51.1 Å². The van der Waals surface area contributed by atoms with Gasteiger partial charge >= 0.3 is 0 Å². The number of nitrogens with two attached hydrogens (primary N) is 1. The van der Waals surface area contributed by atoms with Crippen LogP contribution in [0.5, 0.6) is 5.75 Å². The van der Waals surface area contributed by atoms with E-state index in [0.29, 0.717) is 11.8 Å². The number of fused-ring (bicyclic) bond motifs is 2. The molecule has 0 heterocycles. The number of amides is 1. The average Bonchev–Trinajstić information content (AvgIpc) is 3.14. The molecule has 1 aromatic rings. The molecular formula is C19H29ClN2O2. The molecule has 3 rings (SSSR count). The minimum absolute atomic E-state index is 0. The third-order valence-electron chi connectivity index (χ3n) is 5.70. The Balaban J connectivity index is 0.00000208. The molecule has 1 aromatic carbocycles. The number of nitrogens with one attached hydrogen (secondary N) is 1. The highest BCUT2D eigenvalue weighted by atomic mass is 35.5. The van der Waals surface area contributed by atoms with Crippen molar-refractivity contribution in [1.29, 1.82) is 0 Å². The molecule has 5 unspecified atom stereocenters. The highest BCUT2D eigenvalue weighted by Crippen LogP contribution is 2.47. The number of aryl methyl sites for hydroxylation is 1. The summed E-state index contributed by atoms with van der Waals surface area (Å²) < 4.78 is 5.17. The zero-order valence-electron chi connectivity index (χ0n) is 14.5. The molecule has 2 saturated carbocycles. The molecule has 5 heteroatoms. The number of ether oxygens (including phenoxy) is 1. The lowest BCUT2D eigenvalue weighted by molar-refractivity contribution is -0.127. The van der Waals surface area contributed by atoms with Crippen molar-refractivity contribution in [1.82, 2.24) is 5.32 Å². The molecule has 2 fully saturated rings. The number of hydrogen-bond donors (Lipinski definition) is 2. The number of benzene rings is 1. The van der Waals surface area contributed by atoms with Gasteiger partial charge < -0.3 is 15.8 Å². The summed E-state index contributed by atoms with van der Waals surface area (Å²) >= 11 is 0. The maximum atomic E-state index is 12.5. The first-order valence-electron chi connectivity index (χ1n) is 8.77. The van der Waals surface area contributed by atoms with E-state index in [1.807, 2.05) is 12.1 Å². The zero-order chi connectivity index (χ0) is 16.4. The fraction of sp³-hybridized carbons (Fsp3) is 0.632. The fourth-order valence-electron chi connectivity index (χ4n) is 4.31. The topological polar surface area (TPSA) is 64.3 Å². The number of rotatable bonds is 6. The van der Waals surface area contributed by atoms with Gasteiger partial charge in [0.25, 0.3) is 0 Å². The molecule has 3 N–H and O–H groups in total. The minimum atomic E-state index is 0. The summed E-state index contributed by atoms with van der Waals surface area (Å²) in [5.41, 5.74) is 7.53. The predicted molar refractivity (Wildman–Crippen MR) is 98.5 cm³/mol. The Morgan fingerprint density at radius 1 is 1.29 bits per heavy atom. The molecule has 0 saturated heterocycles. The molecule has 2 aliphatic rings. The number of carbonyl (C=O) groups excluding carboxylic acids is 1. The van der Waals surface area contributed by atoms with Crippen molar-refractivity contribution >= 4 is 18.3 Å². The first-order chi connectivity index (χ1) is 11.1. The summed E-state index contributed by atoms with van der Waals surface area (Å²) in [6.45, 7) is 2.08. The lowest BCUT2D eigenvalue weighted by Crippen LogP contribution is -2.47. The Bertz CT molecular complexity index is 547. The van der Waals surface area contributed by atoms with Gasteiger partial charge in [0, 0.05) is 12.1 Å². The molecule has 0 radical (unpaired) electrons. The molecule has 0 aromatic heterocycles. The van der Waals surface area contributed by atoms with Crippen LogP contribution in [0.25, 0.3) is 0 Å². The Labute approximate surface area is 150 Å². The predicted octanol–water partition coefficient (Wildman–Crippen LogP) is 2.93. The van der Waals surface area contributed by atoms with Crippen LogP contribution in [0.15, 0.2) is 24.3 Å². The quantitative estimate of drug-likeness (QED) is 0.827. The average molecular weight is 353 g/mol. The Hall–Kier alpha value is -1.26. The van der Waals surface area contributed by atoms with E-state index in [1.54, 1.807) is 7.11 Å². The zero-order valence-corrected chi connectivity index (χ0v) is 15.4. The molecule has 24 heavy (non-hydrogen) atoms. The van der Waals surface area contributed by atoms with Gasteiger partial charge in [-0.3, -0.25) is 4.79 Å². The second kappa shape index (κ2) is 8.21. The maximum Gasteiger partial charge on any atom is 0.225 e. The molecule has 0 spiro atoms. The van der Waals surface area contributed by atoms with E-state index in [-0.39, 0.29) is 36.3 Å². The van der Waals surface area contributed by atoms with Crippen molar-refractivity contribution in [2.24, 2.45) is 23.5 Å². The van der Waals surface area contributed by atoms with Crippen LogP contribution in [0.1, 0.15) is 38.2 Å². The van der Waals surface area contributed by atoms with Gasteiger partial charge in [-0.05, 0) is 68.6 Å². The van der Waals surface area contributed by atoms with Gasteiger partial charge in [-0.1, -0.05) is 12.1 Å². The van der Waals surface area contributed by atoms with E-state index in [9.17, 15) is 4.79 Å². The van der Waals surface area contributed by atoms with Gasteiger partial charge in [0.05, 0.1) is 13.0 Å². The van der Waals surface area contributed by atoms with Crippen LogP contribution >= 0.6 is 12.4 Å². The van der Waals surface area contributed by atoms with E-state index in [0.717, 1.165) is 25.0 Å².